The van der Waals surface area contributed by atoms with E-state index in [2.05, 4.69) is 20.0 Å². The smallest absolute Gasteiger partial charge is 0.216 e. The number of hydrogen-bond acceptors (Lipinski definition) is 5. The van der Waals surface area contributed by atoms with E-state index in [-0.39, 0.29) is 0 Å². The zero-order valence-electron chi connectivity index (χ0n) is 11.2. The monoisotopic (exact) mass is 288 g/mol. The molecule has 0 bridgehead atoms. The number of nitrogens with zero attached hydrogens (tertiary/aromatic N) is 3. The van der Waals surface area contributed by atoms with Crippen LogP contribution in [0, 0.1) is 0 Å². The van der Waals surface area contributed by atoms with Gasteiger partial charge in [-0.2, -0.15) is 0 Å². The van der Waals surface area contributed by atoms with Gasteiger partial charge >= 0.3 is 0 Å². The number of para-hydroxylation sites is 1. The van der Waals surface area contributed by atoms with Crippen molar-refractivity contribution in [3.05, 3.63) is 35.5 Å². The third-order valence-electron chi connectivity index (χ3n) is 3.20. The van der Waals surface area contributed by atoms with E-state index >= 15 is 0 Å². The maximum absolute atomic E-state index is 5.58. The van der Waals surface area contributed by atoms with Crippen molar-refractivity contribution in [3.8, 4) is 17.0 Å². The maximum Gasteiger partial charge on any atom is 0.216 e. The third kappa shape index (κ3) is 2.17. The summed E-state index contributed by atoms with van der Waals surface area (Å²) >= 11 is 1.58. The molecule has 2 N–H and O–H groups in total. The fraction of sp³-hybridized carbons (Fsp3) is 0.286. The predicted octanol–water partition coefficient (Wildman–Crippen LogP) is 2.36. The minimum atomic E-state index is 0.656. The van der Waals surface area contributed by atoms with Crippen molar-refractivity contribution < 1.29 is 4.74 Å². The van der Waals surface area contributed by atoms with Gasteiger partial charge in [-0.3, -0.25) is 4.40 Å². The molecule has 0 unspecified atom stereocenters. The van der Waals surface area contributed by atoms with E-state index in [0.29, 0.717) is 6.54 Å². The first-order valence-corrected chi connectivity index (χ1v) is 7.38. The van der Waals surface area contributed by atoms with Gasteiger partial charge in [-0.1, -0.05) is 12.1 Å². The Kier molecular flexibility index (Phi) is 3.66. The zero-order valence-corrected chi connectivity index (χ0v) is 12.1. The summed E-state index contributed by atoms with van der Waals surface area (Å²) in [7, 11) is 1.68. The number of fused-ring (bicyclic) bond motifs is 1. The average Bonchev–Trinajstić information content (AvgIpc) is 3.07. The van der Waals surface area contributed by atoms with E-state index < -0.39 is 0 Å². The summed E-state index contributed by atoms with van der Waals surface area (Å²) in [6.45, 7) is 0.656. The van der Waals surface area contributed by atoms with E-state index in [4.69, 9.17) is 10.5 Å². The standard InChI is InChI=1S/C14H16N4OS/c1-19-12-6-3-2-5-10(12)11-9-20-14-17-16-13(18(11)14)7-4-8-15/h2-3,5-6,9H,4,7-8,15H2,1H3. The highest BCUT2D eigenvalue weighted by Gasteiger charge is 2.15. The van der Waals surface area contributed by atoms with E-state index in [0.717, 1.165) is 40.6 Å². The lowest BCUT2D eigenvalue weighted by atomic mass is 10.1. The van der Waals surface area contributed by atoms with Crippen molar-refractivity contribution in [3.63, 3.8) is 0 Å². The van der Waals surface area contributed by atoms with E-state index in [9.17, 15) is 0 Å². The SMILES string of the molecule is COc1ccccc1-c1csc2nnc(CCCN)n12. The van der Waals surface area contributed by atoms with Gasteiger partial charge in [0.25, 0.3) is 0 Å². The van der Waals surface area contributed by atoms with Crippen LogP contribution in [-0.4, -0.2) is 28.3 Å². The Balaban J connectivity index is 2.13. The molecule has 3 rings (SSSR count). The molecule has 0 fully saturated rings. The van der Waals surface area contributed by atoms with Gasteiger partial charge in [-0.25, -0.2) is 0 Å². The second-order valence-electron chi connectivity index (χ2n) is 4.45. The Morgan fingerprint density at radius 3 is 2.95 bits per heavy atom. The normalized spacial score (nSPS) is 11.1. The van der Waals surface area contributed by atoms with Crippen LogP contribution in [0.2, 0.25) is 0 Å². The zero-order chi connectivity index (χ0) is 13.9. The molecule has 0 aliphatic carbocycles. The fourth-order valence-corrected chi connectivity index (χ4v) is 3.09. The van der Waals surface area contributed by atoms with Crippen molar-refractivity contribution in [1.29, 1.82) is 0 Å². The second kappa shape index (κ2) is 5.60. The van der Waals surface area contributed by atoms with Crippen molar-refractivity contribution >= 4 is 16.3 Å². The molecule has 0 saturated carbocycles. The Hall–Kier alpha value is -1.92. The summed E-state index contributed by atoms with van der Waals surface area (Å²) in [4.78, 5) is 0.901. The van der Waals surface area contributed by atoms with Crippen molar-refractivity contribution in [1.82, 2.24) is 14.6 Å². The van der Waals surface area contributed by atoms with Crippen LogP contribution in [-0.2, 0) is 6.42 Å². The lowest BCUT2D eigenvalue weighted by Gasteiger charge is -2.08. The molecule has 0 saturated heterocycles. The number of ether oxygens (including phenoxy) is 1. The Labute approximate surface area is 121 Å². The van der Waals surface area contributed by atoms with Crippen molar-refractivity contribution in [2.24, 2.45) is 5.73 Å². The van der Waals surface area contributed by atoms with Gasteiger partial charge in [0, 0.05) is 17.4 Å². The lowest BCUT2D eigenvalue weighted by molar-refractivity contribution is 0.416. The largest absolute Gasteiger partial charge is 0.496 e. The van der Waals surface area contributed by atoms with Crippen LogP contribution < -0.4 is 10.5 Å². The molecule has 2 aromatic heterocycles. The molecule has 1 aromatic carbocycles. The lowest BCUT2D eigenvalue weighted by Crippen LogP contribution is -2.03. The second-order valence-corrected chi connectivity index (χ2v) is 5.28. The Bertz CT molecular complexity index is 719. The van der Waals surface area contributed by atoms with E-state index in [1.807, 2.05) is 24.3 Å². The summed E-state index contributed by atoms with van der Waals surface area (Å²) < 4.78 is 7.54. The Morgan fingerprint density at radius 1 is 1.30 bits per heavy atom. The quantitative estimate of drug-likeness (QED) is 0.782. The minimum Gasteiger partial charge on any atom is -0.496 e. The molecule has 5 nitrogen and oxygen atoms in total. The molecule has 3 aromatic rings. The predicted molar refractivity (Wildman–Crippen MR) is 80.2 cm³/mol. The summed E-state index contributed by atoms with van der Waals surface area (Å²) in [5.41, 5.74) is 7.70. The molecule has 104 valence electrons. The number of hydrogen-bond donors (Lipinski definition) is 1. The van der Waals surface area contributed by atoms with Gasteiger partial charge < -0.3 is 10.5 Å². The number of aryl methyl sites for hydroxylation is 1. The van der Waals surface area contributed by atoms with E-state index in [1.165, 1.54) is 0 Å². The Morgan fingerprint density at radius 2 is 2.15 bits per heavy atom. The van der Waals surface area contributed by atoms with Crippen LogP contribution >= 0.6 is 11.3 Å². The number of rotatable bonds is 5. The number of benzene rings is 1. The minimum absolute atomic E-state index is 0.656. The molecule has 20 heavy (non-hydrogen) atoms. The molecule has 0 radical (unpaired) electrons. The number of methoxy groups -OCH3 is 1. The maximum atomic E-state index is 5.58. The van der Waals surface area contributed by atoms with Crippen LogP contribution in [0.3, 0.4) is 0 Å². The molecule has 6 heteroatoms. The molecule has 0 atom stereocenters. The molecule has 0 aliphatic rings. The van der Waals surface area contributed by atoms with Gasteiger partial charge in [-0.05, 0) is 25.1 Å². The molecule has 0 spiro atoms. The molecular weight excluding hydrogens is 272 g/mol. The highest BCUT2D eigenvalue weighted by atomic mass is 32.1. The summed E-state index contributed by atoms with van der Waals surface area (Å²) in [5, 5.41) is 10.6. The van der Waals surface area contributed by atoms with Gasteiger partial charge in [-0.15, -0.1) is 21.5 Å². The fourth-order valence-electron chi connectivity index (χ4n) is 2.24. The highest BCUT2D eigenvalue weighted by molar-refractivity contribution is 7.15. The van der Waals surface area contributed by atoms with Crippen molar-refractivity contribution in [2.75, 3.05) is 13.7 Å². The summed E-state index contributed by atoms with van der Waals surface area (Å²) in [6.07, 6.45) is 1.73. The third-order valence-corrected chi connectivity index (χ3v) is 4.02. The molecular formula is C14H16N4OS. The number of thiazole rings is 1. The van der Waals surface area contributed by atoms with Crippen LogP contribution in [0.4, 0.5) is 0 Å². The van der Waals surface area contributed by atoms with Crippen LogP contribution in [0.1, 0.15) is 12.2 Å². The molecule has 0 aliphatic heterocycles. The van der Waals surface area contributed by atoms with Gasteiger partial charge in [0.2, 0.25) is 4.96 Å². The topological polar surface area (TPSA) is 65.4 Å². The van der Waals surface area contributed by atoms with Crippen LogP contribution in [0.25, 0.3) is 16.2 Å². The average molecular weight is 288 g/mol. The van der Waals surface area contributed by atoms with Gasteiger partial charge in [0.05, 0.1) is 12.8 Å². The number of aromatic nitrogens is 3. The van der Waals surface area contributed by atoms with Gasteiger partial charge in [0.15, 0.2) is 0 Å². The molecule has 2 heterocycles. The first-order valence-electron chi connectivity index (χ1n) is 6.50. The van der Waals surface area contributed by atoms with Crippen LogP contribution in [0.5, 0.6) is 5.75 Å². The summed E-state index contributed by atoms with van der Waals surface area (Å²) in [5.74, 6) is 1.80. The first-order chi connectivity index (χ1) is 9.85. The molecule has 0 amide bonds. The highest BCUT2D eigenvalue weighted by Crippen LogP contribution is 2.33. The summed E-state index contributed by atoms with van der Waals surface area (Å²) in [6, 6.07) is 7.98. The number of nitrogens with two attached hydrogens (primary N) is 1. The van der Waals surface area contributed by atoms with E-state index in [1.54, 1.807) is 18.4 Å². The first kappa shape index (κ1) is 13.1. The van der Waals surface area contributed by atoms with Crippen LogP contribution in [0.15, 0.2) is 29.6 Å². The van der Waals surface area contributed by atoms with Crippen molar-refractivity contribution in [2.45, 2.75) is 12.8 Å². The van der Waals surface area contributed by atoms with Gasteiger partial charge in [0.1, 0.15) is 11.6 Å².